The third-order valence-electron chi connectivity index (χ3n) is 2.48. The van der Waals surface area contributed by atoms with Crippen molar-refractivity contribution in [2.45, 2.75) is 6.92 Å². The molecule has 0 aromatic heterocycles. The van der Waals surface area contributed by atoms with Crippen molar-refractivity contribution in [3.63, 3.8) is 0 Å². The number of nitro benzene ring substituents is 1. The lowest BCUT2D eigenvalue weighted by Crippen LogP contribution is -1.92. The Balaban J connectivity index is 2.33. The fraction of sp³-hybridized carbons (Fsp3) is 0.0769. The summed E-state index contributed by atoms with van der Waals surface area (Å²) in [5.41, 5.74) is 0.704. The van der Waals surface area contributed by atoms with Crippen LogP contribution in [0.3, 0.4) is 0 Å². The van der Waals surface area contributed by atoms with Gasteiger partial charge in [0, 0.05) is 16.6 Å². The van der Waals surface area contributed by atoms with Crippen LogP contribution in [0.1, 0.15) is 5.56 Å². The Morgan fingerprint density at radius 1 is 1.21 bits per heavy atom. The van der Waals surface area contributed by atoms with Crippen LogP contribution in [0.2, 0.25) is 5.02 Å². The number of benzene rings is 2. The second kappa shape index (κ2) is 5.59. The Morgan fingerprint density at radius 3 is 2.58 bits per heavy atom. The molecule has 0 aliphatic rings. The number of rotatable bonds is 3. The van der Waals surface area contributed by atoms with Gasteiger partial charge in [-0.25, -0.2) is 0 Å². The molecule has 0 N–H and O–H groups in total. The number of non-ortho nitro benzene ring substituents is 1. The van der Waals surface area contributed by atoms with Crippen LogP contribution in [0.25, 0.3) is 0 Å². The summed E-state index contributed by atoms with van der Waals surface area (Å²) in [7, 11) is 0. The van der Waals surface area contributed by atoms with Crippen LogP contribution in [0.4, 0.5) is 5.69 Å². The fourth-order valence-electron chi connectivity index (χ4n) is 1.54. The zero-order valence-corrected chi connectivity index (χ0v) is 12.2. The number of halogens is 2. The lowest BCUT2D eigenvalue weighted by molar-refractivity contribution is -0.384. The van der Waals surface area contributed by atoms with Gasteiger partial charge in [-0.2, -0.15) is 0 Å². The Bertz CT molecular complexity index is 646. The molecule has 0 saturated heterocycles. The average molecular weight is 343 g/mol. The largest absolute Gasteiger partial charge is 0.455 e. The molecule has 2 aromatic rings. The standard InChI is InChI=1S/C13H9BrClNO3/c1-8-6-10(16(17)18)3-5-12(8)19-13-7-9(14)2-4-11(13)15/h2-7H,1H3. The Morgan fingerprint density at radius 2 is 1.95 bits per heavy atom. The first-order valence-electron chi connectivity index (χ1n) is 5.35. The highest BCUT2D eigenvalue weighted by molar-refractivity contribution is 9.10. The van der Waals surface area contributed by atoms with E-state index >= 15 is 0 Å². The van der Waals surface area contributed by atoms with Gasteiger partial charge in [0.2, 0.25) is 0 Å². The monoisotopic (exact) mass is 341 g/mol. The molecule has 0 heterocycles. The molecule has 0 atom stereocenters. The van der Waals surface area contributed by atoms with Crippen molar-refractivity contribution in [2.75, 3.05) is 0 Å². The second-order valence-corrected chi connectivity index (χ2v) is 5.21. The van der Waals surface area contributed by atoms with E-state index in [1.165, 1.54) is 12.1 Å². The maximum atomic E-state index is 10.7. The van der Waals surface area contributed by atoms with Crippen molar-refractivity contribution in [1.82, 2.24) is 0 Å². The highest BCUT2D eigenvalue weighted by Gasteiger charge is 2.11. The van der Waals surface area contributed by atoms with E-state index < -0.39 is 4.92 Å². The van der Waals surface area contributed by atoms with Gasteiger partial charge in [-0.3, -0.25) is 10.1 Å². The van der Waals surface area contributed by atoms with Crippen molar-refractivity contribution in [3.8, 4) is 11.5 Å². The Hall–Kier alpha value is -1.59. The maximum Gasteiger partial charge on any atom is 0.269 e. The van der Waals surface area contributed by atoms with Crippen LogP contribution in [0.15, 0.2) is 40.9 Å². The molecule has 6 heteroatoms. The van der Waals surface area contributed by atoms with Crippen LogP contribution in [-0.4, -0.2) is 4.92 Å². The van der Waals surface area contributed by atoms with E-state index in [1.54, 1.807) is 31.2 Å². The zero-order valence-electron chi connectivity index (χ0n) is 9.89. The first-order valence-corrected chi connectivity index (χ1v) is 6.52. The van der Waals surface area contributed by atoms with Crippen LogP contribution >= 0.6 is 27.5 Å². The molecule has 19 heavy (non-hydrogen) atoms. The minimum Gasteiger partial charge on any atom is -0.455 e. The minimum atomic E-state index is -0.442. The first kappa shape index (κ1) is 13.8. The average Bonchev–Trinajstić information content (AvgIpc) is 2.36. The van der Waals surface area contributed by atoms with Crippen molar-refractivity contribution in [3.05, 3.63) is 61.6 Å². The van der Waals surface area contributed by atoms with Gasteiger partial charge in [-0.15, -0.1) is 0 Å². The zero-order chi connectivity index (χ0) is 14.0. The maximum absolute atomic E-state index is 10.7. The number of nitro groups is 1. The van der Waals surface area contributed by atoms with E-state index in [0.29, 0.717) is 22.1 Å². The second-order valence-electron chi connectivity index (χ2n) is 3.88. The molecule has 0 saturated carbocycles. The van der Waals surface area contributed by atoms with Crippen molar-refractivity contribution in [1.29, 1.82) is 0 Å². The van der Waals surface area contributed by atoms with Crippen molar-refractivity contribution >= 4 is 33.2 Å². The smallest absolute Gasteiger partial charge is 0.269 e. The summed E-state index contributed by atoms with van der Waals surface area (Å²) in [4.78, 5) is 10.2. The normalized spacial score (nSPS) is 10.3. The lowest BCUT2D eigenvalue weighted by Gasteiger charge is -2.10. The predicted octanol–water partition coefficient (Wildman–Crippen LogP) is 5.11. The number of hydrogen-bond acceptors (Lipinski definition) is 3. The van der Waals surface area contributed by atoms with Crippen LogP contribution < -0.4 is 4.74 Å². The third kappa shape index (κ3) is 3.24. The Labute approximate surface area is 123 Å². The van der Waals surface area contributed by atoms with Gasteiger partial charge in [-0.1, -0.05) is 27.5 Å². The van der Waals surface area contributed by atoms with Crippen LogP contribution in [0, 0.1) is 17.0 Å². The first-order chi connectivity index (χ1) is 8.97. The van der Waals surface area contributed by atoms with E-state index in [9.17, 15) is 10.1 Å². The molecule has 2 aromatic carbocycles. The van der Waals surface area contributed by atoms with E-state index in [1.807, 2.05) is 0 Å². The third-order valence-corrected chi connectivity index (χ3v) is 3.29. The summed E-state index contributed by atoms with van der Waals surface area (Å²) >= 11 is 9.36. The summed E-state index contributed by atoms with van der Waals surface area (Å²) in [6.07, 6.45) is 0. The lowest BCUT2D eigenvalue weighted by atomic mass is 10.2. The SMILES string of the molecule is Cc1cc([N+](=O)[O-])ccc1Oc1cc(Br)ccc1Cl. The molecular weight excluding hydrogens is 334 g/mol. The molecule has 0 bridgehead atoms. The summed E-state index contributed by atoms with van der Waals surface area (Å²) in [6, 6.07) is 9.67. The van der Waals surface area contributed by atoms with Gasteiger partial charge in [0.25, 0.3) is 5.69 Å². The summed E-state index contributed by atoms with van der Waals surface area (Å²) in [6.45, 7) is 1.74. The van der Waals surface area contributed by atoms with Gasteiger partial charge < -0.3 is 4.74 Å². The van der Waals surface area contributed by atoms with Gasteiger partial charge in [0.1, 0.15) is 11.5 Å². The topological polar surface area (TPSA) is 52.4 Å². The summed E-state index contributed by atoms with van der Waals surface area (Å²) in [5, 5.41) is 11.1. The van der Waals surface area contributed by atoms with Crippen molar-refractivity contribution < 1.29 is 9.66 Å². The molecule has 0 fully saturated rings. The van der Waals surface area contributed by atoms with Gasteiger partial charge in [-0.05, 0) is 36.8 Å². The molecule has 0 spiro atoms. The van der Waals surface area contributed by atoms with Crippen LogP contribution in [-0.2, 0) is 0 Å². The van der Waals surface area contributed by atoms with Crippen LogP contribution in [0.5, 0.6) is 11.5 Å². The van der Waals surface area contributed by atoms with Gasteiger partial charge in [0.15, 0.2) is 0 Å². The highest BCUT2D eigenvalue weighted by Crippen LogP contribution is 2.34. The highest BCUT2D eigenvalue weighted by atomic mass is 79.9. The fourth-order valence-corrected chi connectivity index (χ4v) is 2.03. The molecule has 2 rings (SSSR count). The number of nitrogens with zero attached hydrogens (tertiary/aromatic N) is 1. The number of hydrogen-bond donors (Lipinski definition) is 0. The van der Waals surface area contributed by atoms with Crippen molar-refractivity contribution in [2.24, 2.45) is 0 Å². The molecular formula is C13H9BrClNO3. The molecule has 0 unspecified atom stereocenters. The van der Waals surface area contributed by atoms with Gasteiger partial charge >= 0.3 is 0 Å². The van der Waals surface area contributed by atoms with E-state index in [0.717, 1.165) is 4.47 Å². The molecule has 0 aliphatic heterocycles. The number of aryl methyl sites for hydroxylation is 1. The minimum absolute atomic E-state index is 0.0326. The molecule has 0 aliphatic carbocycles. The van der Waals surface area contributed by atoms with E-state index in [2.05, 4.69) is 15.9 Å². The Kier molecular flexibility index (Phi) is 4.07. The molecule has 0 radical (unpaired) electrons. The molecule has 98 valence electrons. The molecule has 0 amide bonds. The molecule has 4 nitrogen and oxygen atoms in total. The number of ether oxygens (including phenoxy) is 1. The summed E-state index contributed by atoms with van der Waals surface area (Å²) in [5.74, 6) is 1.03. The van der Waals surface area contributed by atoms with E-state index in [-0.39, 0.29) is 5.69 Å². The quantitative estimate of drug-likeness (QED) is 0.575. The van der Waals surface area contributed by atoms with Gasteiger partial charge in [0.05, 0.1) is 9.95 Å². The van der Waals surface area contributed by atoms with E-state index in [4.69, 9.17) is 16.3 Å². The predicted molar refractivity (Wildman–Crippen MR) is 77.1 cm³/mol. The summed E-state index contributed by atoms with van der Waals surface area (Å²) < 4.78 is 6.51.